The van der Waals surface area contributed by atoms with Crippen molar-refractivity contribution in [1.82, 2.24) is 19.2 Å². The van der Waals surface area contributed by atoms with Crippen LogP contribution in [-0.4, -0.2) is 74.6 Å². The molecule has 1 aromatic carbocycles. The zero-order valence-electron chi connectivity index (χ0n) is 20.6. The van der Waals surface area contributed by atoms with Crippen LogP contribution in [0.25, 0.3) is 5.52 Å². The normalized spacial score (nSPS) is 17.1. The van der Waals surface area contributed by atoms with E-state index in [0.29, 0.717) is 30.7 Å². The molecule has 0 atom stereocenters. The number of hydrogen-bond acceptors (Lipinski definition) is 4. The van der Waals surface area contributed by atoms with Crippen LogP contribution < -0.4 is 5.56 Å². The first kappa shape index (κ1) is 28.9. The summed E-state index contributed by atoms with van der Waals surface area (Å²) in [4.78, 5) is 40.9. The first-order valence-electron chi connectivity index (χ1n) is 11.9. The Kier molecular flexibility index (Phi) is 8.02. The molecular weight excluding hydrogens is 567 g/mol. The van der Waals surface area contributed by atoms with Crippen molar-refractivity contribution in [2.75, 3.05) is 26.7 Å². The molecule has 2 aliphatic rings. The summed E-state index contributed by atoms with van der Waals surface area (Å²) in [5, 5.41) is 7.64. The minimum absolute atomic E-state index is 0.0673. The molecule has 2 N–H and O–H groups in total. The Hall–Kier alpha value is -3.09. The van der Waals surface area contributed by atoms with E-state index in [-0.39, 0.29) is 32.7 Å². The fourth-order valence-corrected chi connectivity index (χ4v) is 5.40. The number of aromatic nitrogens is 2. The van der Waals surface area contributed by atoms with Crippen molar-refractivity contribution in [3.8, 4) is 0 Å². The lowest BCUT2D eigenvalue weighted by atomic mass is 9.77. The number of nitrogens with one attached hydrogen (secondary N) is 1. The van der Waals surface area contributed by atoms with Crippen LogP contribution in [-0.2, 0) is 11.2 Å². The van der Waals surface area contributed by atoms with Gasteiger partial charge in [-0.1, -0.05) is 29.3 Å². The van der Waals surface area contributed by atoms with E-state index in [4.69, 9.17) is 33.1 Å². The van der Waals surface area contributed by atoms with E-state index in [0.717, 1.165) is 31.4 Å². The summed E-state index contributed by atoms with van der Waals surface area (Å²) in [5.41, 5.74) is 1.71. The number of likely N-dealkylation sites (tertiary alicyclic amines) is 2. The summed E-state index contributed by atoms with van der Waals surface area (Å²) < 4.78 is 47.9. The number of rotatable bonds is 3. The fraction of sp³-hybridized carbons (Fsp3) is 0.400. The van der Waals surface area contributed by atoms with E-state index in [1.54, 1.807) is 27.6 Å². The molecule has 0 aliphatic carbocycles. The highest BCUT2D eigenvalue weighted by Crippen LogP contribution is 2.38. The highest BCUT2D eigenvalue weighted by Gasteiger charge is 2.45. The summed E-state index contributed by atoms with van der Waals surface area (Å²) in [7, 11) is 2.13. The van der Waals surface area contributed by atoms with Gasteiger partial charge in [-0.2, -0.15) is 13.2 Å². The van der Waals surface area contributed by atoms with E-state index >= 15 is 0 Å². The van der Waals surface area contributed by atoms with Gasteiger partial charge in [0.1, 0.15) is 16.5 Å². The van der Waals surface area contributed by atoms with Gasteiger partial charge in [0.15, 0.2) is 0 Å². The lowest BCUT2D eigenvalue weighted by Crippen LogP contribution is -2.62. The topological polar surface area (TPSA) is 98.1 Å². The molecule has 14 heteroatoms. The summed E-state index contributed by atoms with van der Waals surface area (Å²) in [5.74, 6) is -3.57. The Labute approximate surface area is 229 Å². The average molecular weight is 591 g/mol. The molecule has 2 fully saturated rings. The minimum atomic E-state index is -5.08. The number of hydrogen-bond donors (Lipinski definition) is 2. The number of carboxylic acids is 1. The Morgan fingerprint density at radius 3 is 2.26 bits per heavy atom. The van der Waals surface area contributed by atoms with Gasteiger partial charge in [0.25, 0.3) is 11.5 Å². The molecule has 0 unspecified atom stereocenters. The van der Waals surface area contributed by atoms with Crippen LogP contribution in [0, 0.1) is 5.82 Å². The maximum Gasteiger partial charge on any atom is 0.490 e. The number of aromatic amines is 1. The zero-order chi connectivity index (χ0) is 28.7. The average Bonchev–Trinajstić information content (AvgIpc) is 3.20. The highest BCUT2D eigenvalue weighted by molar-refractivity contribution is 6.42. The minimum Gasteiger partial charge on any atom is -0.475 e. The number of H-pyrrole nitrogens is 1. The van der Waals surface area contributed by atoms with Gasteiger partial charge >= 0.3 is 12.1 Å². The number of piperidine rings is 1. The second-order valence-electron chi connectivity index (χ2n) is 9.59. The van der Waals surface area contributed by atoms with Crippen LogP contribution in [0.1, 0.15) is 40.9 Å². The molecule has 1 amide bonds. The SMILES string of the molecule is CN1CCC12CCN(C(=O)c1cc(Cc3c[nH]c(=O)c4cc(Cl)c(Cl)n34)ccc1F)CC2.O=C(O)C(F)(F)F. The molecule has 0 radical (unpaired) electrons. The Bertz CT molecular complexity index is 1480. The number of amides is 1. The molecule has 4 heterocycles. The molecule has 8 nitrogen and oxygen atoms in total. The van der Waals surface area contributed by atoms with Gasteiger partial charge in [-0.25, -0.2) is 9.18 Å². The number of benzene rings is 1. The van der Waals surface area contributed by atoms with Crippen molar-refractivity contribution < 1.29 is 32.3 Å². The lowest BCUT2D eigenvalue weighted by molar-refractivity contribution is -0.192. The van der Waals surface area contributed by atoms with E-state index in [2.05, 4.69) is 16.9 Å². The largest absolute Gasteiger partial charge is 0.490 e. The van der Waals surface area contributed by atoms with E-state index < -0.39 is 18.0 Å². The second kappa shape index (κ2) is 10.8. The van der Waals surface area contributed by atoms with E-state index in [1.807, 2.05) is 0 Å². The van der Waals surface area contributed by atoms with Crippen molar-refractivity contribution in [2.24, 2.45) is 0 Å². The molecular formula is C25H24Cl2F4N4O4. The number of fused-ring (bicyclic) bond motifs is 1. The molecule has 5 rings (SSSR count). The quantitative estimate of drug-likeness (QED) is 0.434. The molecule has 39 heavy (non-hydrogen) atoms. The molecule has 1 spiro atoms. The number of aliphatic carboxylic acids is 1. The predicted octanol–water partition coefficient (Wildman–Crippen LogP) is 4.61. The number of carboxylic acid groups (broad SMARTS) is 1. The van der Waals surface area contributed by atoms with Gasteiger partial charge in [0.05, 0.1) is 10.6 Å². The van der Waals surface area contributed by atoms with Gasteiger partial charge in [0.2, 0.25) is 0 Å². The van der Waals surface area contributed by atoms with Crippen LogP contribution in [0.5, 0.6) is 0 Å². The van der Waals surface area contributed by atoms with Gasteiger partial charge in [0, 0.05) is 43.5 Å². The van der Waals surface area contributed by atoms with Crippen molar-refractivity contribution >= 4 is 40.6 Å². The number of alkyl halides is 3. The Balaban J connectivity index is 0.000000448. The van der Waals surface area contributed by atoms with Crippen molar-refractivity contribution in [3.05, 3.63) is 73.6 Å². The van der Waals surface area contributed by atoms with Gasteiger partial charge in [-0.15, -0.1) is 0 Å². The first-order chi connectivity index (χ1) is 18.2. The maximum absolute atomic E-state index is 14.6. The monoisotopic (exact) mass is 590 g/mol. The van der Waals surface area contributed by atoms with Crippen LogP contribution in [0.2, 0.25) is 10.2 Å². The lowest BCUT2D eigenvalue weighted by Gasteiger charge is -2.55. The number of nitrogens with zero attached hydrogens (tertiary/aromatic N) is 3. The van der Waals surface area contributed by atoms with Gasteiger partial charge in [-0.05, 0) is 50.1 Å². The summed E-state index contributed by atoms with van der Waals surface area (Å²) in [6.07, 6.45) is -0.194. The first-order valence-corrected chi connectivity index (χ1v) is 12.7. The van der Waals surface area contributed by atoms with E-state index in [1.165, 1.54) is 12.1 Å². The van der Waals surface area contributed by atoms with Crippen LogP contribution in [0.4, 0.5) is 17.6 Å². The van der Waals surface area contributed by atoms with Crippen LogP contribution >= 0.6 is 23.2 Å². The van der Waals surface area contributed by atoms with Crippen LogP contribution in [0.3, 0.4) is 0 Å². The third-order valence-electron chi connectivity index (χ3n) is 7.38. The Morgan fingerprint density at radius 2 is 1.72 bits per heavy atom. The summed E-state index contributed by atoms with van der Waals surface area (Å²) >= 11 is 12.4. The van der Waals surface area contributed by atoms with Crippen molar-refractivity contribution in [1.29, 1.82) is 0 Å². The highest BCUT2D eigenvalue weighted by atomic mass is 35.5. The molecule has 0 saturated carbocycles. The molecule has 0 bridgehead atoms. The van der Waals surface area contributed by atoms with Crippen molar-refractivity contribution in [3.63, 3.8) is 0 Å². The smallest absolute Gasteiger partial charge is 0.475 e. The predicted molar refractivity (Wildman–Crippen MR) is 136 cm³/mol. The number of carbonyl (C=O) groups is 2. The number of carbonyl (C=O) groups excluding carboxylic acids is 1. The molecule has 210 valence electrons. The summed E-state index contributed by atoms with van der Waals surface area (Å²) in [6.45, 7) is 2.36. The second-order valence-corrected chi connectivity index (χ2v) is 10.4. The molecule has 3 aromatic rings. The fourth-order valence-electron chi connectivity index (χ4n) is 4.96. The zero-order valence-corrected chi connectivity index (χ0v) is 22.1. The third-order valence-corrected chi connectivity index (χ3v) is 8.14. The van der Waals surface area contributed by atoms with Gasteiger partial charge < -0.3 is 19.9 Å². The third kappa shape index (κ3) is 5.78. The Morgan fingerprint density at radius 1 is 1.10 bits per heavy atom. The van der Waals surface area contributed by atoms with Crippen LogP contribution in [0.15, 0.2) is 35.3 Å². The number of halogens is 6. The van der Waals surface area contributed by atoms with Crippen molar-refractivity contribution in [2.45, 2.75) is 37.4 Å². The molecule has 2 aromatic heterocycles. The maximum atomic E-state index is 14.6. The van der Waals surface area contributed by atoms with Gasteiger partial charge in [-0.3, -0.25) is 14.0 Å². The van der Waals surface area contributed by atoms with E-state index in [9.17, 15) is 27.2 Å². The molecule has 2 aliphatic heterocycles. The summed E-state index contributed by atoms with van der Waals surface area (Å²) in [6, 6.07) is 6.05. The standard InChI is InChI=1S/C23H23Cl2FN4O2.C2HF3O2/c1-28-7-4-23(28)5-8-29(9-6-23)22(32)16-11-14(2-3-18(16)26)10-15-13-27-21(31)19-12-17(24)20(25)30(15)19;3-2(4,5)1(6)7/h2-3,11-13H,4-10H2,1H3,(H,27,31);(H,6,7). The molecule has 2 saturated heterocycles.